The molecule has 0 aliphatic carbocycles. The van der Waals surface area contributed by atoms with E-state index in [1.165, 1.54) is 11.8 Å². The van der Waals surface area contributed by atoms with Gasteiger partial charge in [0.2, 0.25) is 0 Å². The second-order valence-corrected chi connectivity index (χ2v) is 11.2. The molecule has 196 valence electrons. The van der Waals surface area contributed by atoms with Crippen LogP contribution in [0.25, 0.3) is 22.2 Å². The van der Waals surface area contributed by atoms with E-state index in [1.54, 1.807) is 49.7 Å². The molecule has 3 aromatic carbocycles. The minimum Gasteiger partial charge on any atom is -0.497 e. The molecule has 0 saturated carbocycles. The first-order valence-electron chi connectivity index (χ1n) is 12.7. The Morgan fingerprint density at radius 2 is 1.72 bits per heavy atom. The molecule has 3 heterocycles. The number of pyridine rings is 1. The third kappa shape index (κ3) is 5.26. The van der Waals surface area contributed by atoms with Crippen LogP contribution in [0.4, 0.5) is 11.5 Å². The predicted molar refractivity (Wildman–Crippen MR) is 153 cm³/mol. The topological polar surface area (TPSA) is 97.3 Å². The summed E-state index contributed by atoms with van der Waals surface area (Å²) in [4.78, 5) is 16.3. The molecule has 2 aromatic heterocycles. The van der Waals surface area contributed by atoms with Gasteiger partial charge >= 0.3 is 0 Å². The minimum atomic E-state index is -3.71. The molecular weight excluding hydrogens is 510 g/mol. The van der Waals surface area contributed by atoms with E-state index in [2.05, 4.69) is 31.7 Å². The van der Waals surface area contributed by atoms with Gasteiger partial charge < -0.3 is 9.64 Å². The maximum absolute atomic E-state index is 12.8. The van der Waals surface area contributed by atoms with Crippen molar-refractivity contribution in [2.75, 3.05) is 29.8 Å². The molecule has 0 radical (unpaired) electrons. The van der Waals surface area contributed by atoms with Crippen LogP contribution in [-0.2, 0) is 10.0 Å². The van der Waals surface area contributed by atoms with Crippen LogP contribution in [0.5, 0.6) is 5.75 Å². The van der Waals surface area contributed by atoms with Crippen LogP contribution in [0.2, 0.25) is 0 Å². The molecule has 39 heavy (non-hydrogen) atoms. The van der Waals surface area contributed by atoms with E-state index in [1.807, 2.05) is 36.5 Å². The standard InChI is InChI=1S/C30H27N5O3S/c1-38-26-10-7-21(8-11-26)23-13-14-35(20-23)30-19-32-28-12-9-22(16-29(28)33-30)24-15-25(18-31-17-24)34-39(36,37)27-5-3-2-4-6-27/h2-12,15-19,23,34H,13-14,20H2,1H3. The van der Waals surface area contributed by atoms with Crippen molar-refractivity contribution in [2.45, 2.75) is 17.2 Å². The van der Waals surface area contributed by atoms with Crippen molar-refractivity contribution in [3.05, 3.63) is 103 Å². The van der Waals surface area contributed by atoms with Crippen LogP contribution >= 0.6 is 0 Å². The molecule has 1 aliphatic heterocycles. The van der Waals surface area contributed by atoms with Gasteiger partial charge in [-0.05, 0) is 60.0 Å². The maximum atomic E-state index is 12.8. The highest BCUT2D eigenvalue weighted by molar-refractivity contribution is 7.92. The van der Waals surface area contributed by atoms with Crippen molar-refractivity contribution in [3.63, 3.8) is 0 Å². The van der Waals surface area contributed by atoms with Gasteiger partial charge in [-0.1, -0.05) is 36.4 Å². The summed E-state index contributed by atoms with van der Waals surface area (Å²) in [5, 5.41) is 0. The Labute approximate surface area is 227 Å². The first-order valence-corrected chi connectivity index (χ1v) is 14.2. The van der Waals surface area contributed by atoms with Crippen molar-refractivity contribution in [2.24, 2.45) is 0 Å². The molecule has 1 atom stereocenters. The van der Waals surface area contributed by atoms with Crippen LogP contribution in [0.15, 0.2) is 102 Å². The van der Waals surface area contributed by atoms with E-state index in [0.29, 0.717) is 11.6 Å². The Morgan fingerprint density at radius 1 is 0.897 bits per heavy atom. The lowest BCUT2D eigenvalue weighted by Crippen LogP contribution is -2.20. The van der Waals surface area contributed by atoms with Crippen molar-refractivity contribution in [1.82, 2.24) is 15.0 Å². The number of fused-ring (bicyclic) bond motifs is 1. The van der Waals surface area contributed by atoms with E-state index in [9.17, 15) is 8.42 Å². The number of nitrogens with one attached hydrogen (secondary N) is 1. The maximum Gasteiger partial charge on any atom is 0.261 e. The van der Waals surface area contributed by atoms with E-state index in [0.717, 1.165) is 53.2 Å². The van der Waals surface area contributed by atoms with Crippen molar-refractivity contribution < 1.29 is 13.2 Å². The summed E-state index contributed by atoms with van der Waals surface area (Å²) in [6.07, 6.45) is 6.08. The summed E-state index contributed by atoms with van der Waals surface area (Å²) >= 11 is 0. The number of ether oxygens (including phenoxy) is 1. The number of sulfonamides is 1. The molecule has 1 unspecified atom stereocenters. The van der Waals surface area contributed by atoms with Crippen LogP contribution in [0.3, 0.4) is 0 Å². The van der Waals surface area contributed by atoms with Gasteiger partial charge in [-0.2, -0.15) is 0 Å². The molecule has 5 aromatic rings. The molecular formula is C30H27N5O3S. The Kier molecular flexibility index (Phi) is 6.58. The van der Waals surface area contributed by atoms with E-state index >= 15 is 0 Å². The lowest BCUT2D eigenvalue weighted by molar-refractivity contribution is 0.414. The van der Waals surface area contributed by atoms with E-state index in [4.69, 9.17) is 9.72 Å². The number of aromatic nitrogens is 3. The number of rotatable bonds is 7. The molecule has 0 spiro atoms. The molecule has 8 nitrogen and oxygen atoms in total. The number of hydrogen-bond donors (Lipinski definition) is 1. The fourth-order valence-corrected chi connectivity index (χ4v) is 5.97. The van der Waals surface area contributed by atoms with Crippen LogP contribution in [0, 0.1) is 0 Å². The van der Waals surface area contributed by atoms with E-state index in [-0.39, 0.29) is 4.90 Å². The predicted octanol–water partition coefficient (Wildman–Crippen LogP) is 5.50. The summed E-state index contributed by atoms with van der Waals surface area (Å²) < 4.78 is 33.4. The van der Waals surface area contributed by atoms with Crippen LogP contribution in [0.1, 0.15) is 17.9 Å². The number of anilines is 2. The second kappa shape index (κ2) is 10.3. The minimum absolute atomic E-state index is 0.194. The number of hydrogen-bond acceptors (Lipinski definition) is 7. The van der Waals surface area contributed by atoms with Crippen molar-refractivity contribution in [3.8, 4) is 16.9 Å². The normalized spacial score (nSPS) is 15.4. The zero-order valence-electron chi connectivity index (χ0n) is 21.4. The lowest BCUT2D eigenvalue weighted by Gasteiger charge is -2.18. The van der Waals surface area contributed by atoms with Gasteiger partial charge in [-0.3, -0.25) is 14.7 Å². The smallest absolute Gasteiger partial charge is 0.261 e. The van der Waals surface area contributed by atoms with Gasteiger partial charge in [0.25, 0.3) is 10.0 Å². The zero-order chi connectivity index (χ0) is 26.8. The number of benzene rings is 3. The van der Waals surface area contributed by atoms with Gasteiger partial charge in [0.1, 0.15) is 11.6 Å². The zero-order valence-corrected chi connectivity index (χ0v) is 22.2. The fraction of sp³-hybridized carbons (Fsp3) is 0.167. The molecule has 1 N–H and O–H groups in total. The molecule has 1 fully saturated rings. The van der Waals surface area contributed by atoms with Crippen LogP contribution < -0.4 is 14.4 Å². The highest BCUT2D eigenvalue weighted by Crippen LogP contribution is 2.32. The Bertz CT molecular complexity index is 1730. The summed E-state index contributed by atoms with van der Waals surface area (Å²) in [5.41, 5.74) is 4.90. The summed E-state index contributed by atoms with van der Waals surface area (Å²) in [6, 6.07) is 24.1. The summed E-state index contributed by atoms with van der Waals surface area (Å²) in [5.74, 6) is 2.13. The summed E-state index contributed by atoms with van der Waals surface area (Å²) in [6.45, 7) is 1.78. The van der Waals surface area contributed by atoms with E-state index < -0.39 is 10.0 Å². The Morgan fingerprint density at radius 3 is 2.51 bits per heavy atom. The van der Waals surface area contributed by atoms with Gasteiger partial charge in [0.15, 0.2) is 0 Å². The lowest BCUT2D eigenvalue weighted by atomic mass is 9.98. The second-order valence-electron chi connectivity index (χ2n) is 9.52. The average Bonchev–Trinajstić information content (AvgIpc) is 3.47. The number of methoxy groups -OCH3 is 1. The number of nitrogens with zero attached hydrogens (tertiary/aromatic N) is 4. The highest BCUT2D eigenvalue weighted by Gasteiger charge is 2.25. The quantitative estimate of drug-likeness (QED) is 0.293. The molecule has 1 saturated heterocycles. The van der Waals surface area contributed by atoms with Gasteiger partial charge in [-0.25, -0.2) is 13.4 Å². The molecule has 1 aliphatic rings. The molecule has 9 heteroatoms. The first kappa shape index (κ1) is 24.8. The molecule has 0 amide bonds. The molecule has 6 rings (SSSR count). The van der Waals surface area contributed by atoms with Crippen molar-refractivity contribution in [1.29, 1.82) is 0 Å². The highest BCUT2D eigenvalue weighted by atomic mass is 32.2. The van der Waals surface area contributed by atoms with Gasteiger partial charge in [0.05, 0.1) is 41.1 Å². The Hall–Kier alpha value is -4.50. The first-order chi connectivity index (χ1) is 19.0. The Balaban J connectivity index is 1.23. The third-order valence-electron chi connectivity index (χ3n) is 7.01. The van der Waals surface area contributed by atoms with Crippen LogP contribution in [-0.4, -0.2) is 43.6 Å². The third-order valence-corrected chi connectivity index (χ3v) is 8.40. The van der Waals surface area contributed by atoms with Gasteiger partial charge in [-0.15, -0.1) is 0 Å². The monoisotopic (exact) mass is 537 g/mol. The van der Waals surface area contributed by atoms with Crippen molar-refractivity contribution >= 4 is 32.6 Å². The molecule has 0 bridgehead atoms. The average molecular weight is 538 g/mol. The SMILES string of the molecule is COc1ccc(C2CCN(c3cnc4ccc(-c5cncc(NS(=O)(=O)c6ccccc6)c5)cc4n3)C2)cc1. The fourth-order valence-electron chi connectivity index (χ4n) is 4.92. The van der Waals surface area contributed by atoms with Gasteiger partial charge in [0, 0.05) is 30.8 Å². The summed E-state index contributed by atoms with van der Waals surface area (Å²) in [7, 11) is -2.04. The largest absolute Gasteiger partial charge is 0.497 e.